The van der Waals surface area contributed by atoms with Gasteiger partial charge in [-0.05, 0) is 6.07 Å². The van der Waals surface area contributed by atoms with E-state index in [1.165, 1.54) is 12.3 Å². The van der Waals surface area contributed by atoms with Crippen molar-refractivity contribution < 1.29 is 56.8 Å². The van der Waals surface area contributed by atoms with E-state index in [1.807, 2.05) is 0 Å². The Morgan fingerprint density at radius 1 is 1.17 bits per heavy atom. The van der Waals surface area contributed by atoms with Crippen LogP contribution in [0, 0.1) is 0 Å². The molecule has 30 heavy (non-hydrogen) atoms. The number of aliphatic hydroxyl groups is 2. The topological polar surface area (TPSA) is 261 Å². The lowest BCUT2D eigenvalue weighted by molar-refractivity contribution is -0.0339. The van der Waals surface area contributed by atoms with Crippen molar-refractivity contribution in [1.82, 2.24) is 9.55 Å². The Bertz CT molecular complexity index is 968. The van der Waals surface area contributed by atoms with E-state index in [1.54, 1.807) is 0 Å². The quantitative estimate of drug-likeness (QED) is 0.186. The maximum absolute atomic E-state index is 11.9. The number of hydrogen-bond acceptors (Lipinski definition) is 12. The number of anilines is 1. The number of nitrogen functional groups attached to an aromatic ring is 1. The fourth-order valence-electron chi connectivity index (χ4n) is 2.33. The number of aliphatic hydroxyl groups excluding tert-OH is 2. The summed E-state index contributed by atoms with van der Waals surface area (Å²) in [6.45, 7) is 0. The van der Waals surface area contributed by atoms with Crippen LogP contribution in [-0.2, 0) is 27.1 Å². The van der Waals surface area contributed by atoms with Gasteiger partial charge in [0.25, 0.3) is 0 Å². The molecular weight excluding hydrogens is 495 g/mol. The maximum atomic E-state index is 11.9. The molecule has 0 bridgehead atoms. The average molecular weight is 513 g/mol. The molecule has 1 fully saturated rings. The second-order valence-corrected chi connectivity index (χ2v) is 12.1. The molecule has 172 valence electrons. The van der Waals surface area contributed by atoms with Crippen LogP contribution in [0.4, 0.5) is 5.82 Å². The van der Waals surface area contributed by atoms with Crippen LogP contribution in [0.1, 0.15) is 6.23 Å². The molecule has 20 heteroatoms. The predicted octanol–water partition coefficient (Wildman–Crippen LogP) is -1.45. The summed E-state index contributed by atoms with van der Waals surface area (Å²) in [5.74, 6) is -0.312. The zero-order valence-electron chi connectivity index (χ0n) is 14.6. The van der Waals surface area contributed by atoms with Gasteiger partial charge < -0.3 is 40.3 Å². The van der Waals surface area contributed by atoms with Gasteiger partial charge in [-0.15, -0.1) is 11.8 Å². The van der Waals surface area contributed by atoms with Gasteiger partial charge in [0.1, 0.15) is 18.0 Å². The molecule has 1 saturated heterocycles. The highest BCUT2D eigenvalue weighted by Gasteiger charge is 2.45. The minimum absolute atomic E-state index is 0.0704. The van der Waals surface area contributed by atoms with Crippen molar-refractivity contribution in [1.29, 1.82) is 0 Å². The summed E-state index contributed by atoms with van der Waals surface area (Å²) in [6, 6.07) is 1.26. The molecule has 1 aromatic heterocycles. The predicted molar refractivity (Wildman–Crippen MR) is 100 cm³/mol. The number of nitrogens with zero attached hydrogens (tertiary/aromatic N) is 2. The molecule has 1 aliphatic rings. The van der Waals surface area contributed by atoms with Gasteiger partial charge in [0.05, 0.1) is 11.6 Å². The molecule has 0 saturated carbocycles. The fourth-order valence-corrected chi connectivity index (χ4v) is 7.55. The SMILES string of the molecule is Nc1ccn([C@@H]2O[C@H](CSCP(=O)(O)OP(=O)(O)OP(=O)(O)O)[C@@H](O)[C@H]2O)c(=O)n1. The van der Waals surface area contributed by atoms with Crippen molar-refractivity contribution in [2.75, 3.05) is 17.0 Å². The van der Waals surface area contributed by atoms with Crippen LogP contribution >= 0.6 is 35.0 Å². The number of hydrogen-bond donors (Lipinski definition) is 7. The summed E-state index contributed by atoms with van der Waals surface area (Å²) in [5, 5.41) is 20.2. The Kier molecular flexibility index (Phi) is 8.08. The van der Waals surface area contributed by atoms with E-state index in [2.05, 4.69) is 13.6 Å². The first-order valence-corrected chi connectivity index (χ1v) is 13.6. The van der Waals surface area contributed by atoms with Gasteiger partial charge in [-0.3, -0.25) is 9.13 Å². The van der Waals surface area contributed by atoms with E-state index in [0.29, 0.717) is 11.8 Å². The van der Waals surface area contributed by atoms with Gasteiger partial charge in [-0.1, -0.05) is 0 Å². The summed E-state index contributed by atoms with van der Waals surface area (Å²) in [7, 11) is -15.9. The summed E-state index contributed by atoms with van der Waals surface area (Å²) in [4.78, 5) is 50.9. The molecule has 16 nitrogen and oxygen atoms in total. The molecule has 0 aromatic carbocycles. The minimum Gasteiger partial charge on any atom is -0.387 e. The van der Waals surface area contributed by atoms with Crippen LogP contribution in [0.25, 0.3) is 0 Å². The van der Waals surface area contributed by atoms with Crippen LogP contribution in [0.5, 0.6) is 0 Å². The Morgan fingerprint density at radius 2 is 1.80 bits per heavy atom. The first-order chi connectivity index (χ1) is 13.6. The third-order valence-corrected chi connectivity index (χ3v) is 9.56. The standard InChI is InChI=1S/C10H18N3O13P3S/c11-6-1-2-13(10(16)12-6)9-8(15)7(14)5(24-9)3-30-4-27(17,18)25-29(22,23)26-28(19,20)21/h1-2,5,7-9,14-15H,3-4H2,(H,17,18)(H,22,23)(H2,11,12,16)(H2,19,20,21)/t5-,7-,8-,9-/m1/s1. The van der Waals surface area contributed by atoms with Crippen LogP contribution < -0.4 is 11.4 Å². The van der Waals surface area contributed by atoms with Crippen molar-refractivity contribution >= 4 is 40.8 Å². The van der Waals surface area contributed by atoms with Crippen LogP contribution in [0.15, 0.2) is 17.1 Å². The molecule has 8 N–H and O–H groups in total. The maximum Gasteiger partial charge on any atom is 0.488 e. The second-order valence-electron chi connectivity index (χ2n) is 5.85. The largest absolute Gasteiger partial charge is 0.488 e. The van der Waals surface area contributed by atoms with E-state index in [9.17, 15) is 33.6 Å². The molecule has 0 aliphatic carbocycles. The van der Waals surface area contributed by atoms with Crippen molar-refractivity contribution in [3.63, 3.8) is 0 Å². The lowest BCUT2D eigenvalue weighted by Crippen LogP contribution is -2.35. The molecular formula is C10H18N3O13P3S. The Morgan fingerprint density at radius 3 is 2.37 bits per heavy atom. The van der Waals surface area contributed by atoms with Crippen molar-refractivity contribution in [2.45, 2.75) is 24.5 Å². The zero-order valence-corrected chi connectivity index (χ0v) is 18.1. The highest BCUT2D eigenvalue weighted by atomic mass is 32.2. The lowest BCUT2D eigenvalue weighted by Gasteiger charge is -2.18. The second kappa shape index (κ2) is 9.46. The van der Waals surface area contributed by atoms with Crippen molar-refractivity contribution in [3.8, 4) is 0 Å². The Balaban J connectivity index is 1.96. The van der Waals surface area contributed by atoms with Crippen LogP contribution in [0.2, 0.25) is 0 Å². The van der Waals surface area contributed by atoms with Gasteiger partial charge in [-0.25, -0.2) is 18.2 Å². The summed E-state index contributed by atoms with van der Waals surface area (Å²) >= 11 is 0.587. The molecule has 2 heterocycles. The van der Waals surface area contributed by atoms with Gasteiger partial charge in [0.15, 0.2) is 6.23 Å². The minimum atomic E-state index is -5.55. The van der Waals surface area contributed by atoms with E-state index >= 15 is 0 Å². The fraction of sp³-hybridized carbons (Fsp3) is 0.600. The first kappa shape index (κ1) is 25.6. The van der Waals surface area contributed by atoms with E-state index in [-0.39, 0.29) is 11.6 Å². The Labute approximate surface area is 172 Å². The first-order valence-electron chi connectivity index (χ1n) is 7.67. The summed E-state index contributed by atoms with van der Waals surface area (Å²) < 4.78 is 47.3. The molecule has 2 rings (SSSR count). The Hall–Kier alpha value is -0.640. The van der Waals surface area contributed by atoms with Crippen molar-refractivity contribution in [2.24, 2.45) is 0 Å². The molecule has 2 unspecified atom stereocenters. The molecule has 1 aromatic rings. The zero-order chi connectivity index (χ0) is 22.9. The third kappa shape index (κ3) is 7.21. The number of ether oxygens (including phenoxy) is 1. The van der Waals surface area contributed by atoms with E-state index in [0.717, 1.165) is 4.57 Å². The third-order valence-electron chi connectivity index (χ3n) is 3.44. The van der Waals surface area contributed by atoms with Crippen LogP contribution in [0.3, 0.4) is 0 Å². The molecule has 6 atom stereocenters. The van der Waals surface area contributed by atoms with Gasteiger partial charge >= 0.3 is 28.9 Å². The van der Waals surface area contributed by atoms with Crippen molar-refractivity contribution in [3.05, 3.63) is 22.7 Å². The molecule has 0 spiro atoms. The lowest BCUT2D eigenvalue weighted by atomic mass is 10.1. The smallest absolute Gasteiger partial charge is 0.387 e. The number of thioether (sulfide) groups is 1. The van der Waals surface area contributed by atoms with E-state index in [4.69, 9.17) is 25.2 Å². The average Bonchev–Trinajstić information content (AvgIpc) is 2.79. The number of aromatic nitrogens is 2. The van der Waals surface area contributed by atoms with Gasteiger partial charge in [0.2, 0.25) is 0 Å². The van der Waals surface area contributed by atoms with Gasteiger partial charge in [-0.2, -0.15) is 9.29 Å². The highest BCUT2D eigenvalue weighted by molar-refractivity contribution is 8.04. The monoisotopic (exact) mass is 513 g/mol. The number of nitrogens with two attached hydrogens (primary N) is 1. The number of rotatable bonds is 9. The number of phosphoric acid groups is 2. The highest BCUT2D eigenvalue weighted by Crippen LogP contribution is 2.66. The molecule has 0 amide bonds. The molecule has 0 radical (unpaired) electrons. The van der Waals surface area contributed by atoms with E-state index < -0.39 is 59.0 Å². The van der Waals surface area contributed by atoms with Crippen LogP contribution in [-0.4, -0.2) is 68.9 Å². The normalized spacial score (nSPS) is 28.7. The molecule has 1 aliphatic heterocycles. The summed E-state index contributed by atoms with van der Waals surface area (Å²) in [5.41, 5.74) is 3.65. The van der Waals surface area contributed by atoms with Gasteiger partial charge in [0, 0.05) is 11.9 Å². The summed E-state index contributed by atoms with van der Waals surface area (Å²) in [6.07, 6.45) is -4.32.